The number of aryl methyl sites for hydroxylation is 1. The van der Waals surface area contributed by atoms with Gasteiger partial charge >= 0.3 is 0 Å². The van der Waals surface area contributed by atoms with Crippen LogP contribution in [0, 0.1) is 12.8 Å². The summed E-state index contributed by atoms with van der Waals surface area (Å²) in [7, 11) is 0. The monoisotopic (exact) mass is 416 g/mol. The Hall–Kier alpha value is -1.64. The highest BCUT2D eigenvalue weighted by Gasteiger charge is 2.25. The molecule has 1 fully saturated rings. The zero-order valence-electron chi connectivity index (χ0n) is 16.0. The van der Waals surface area contributed by atoms with Gasteiger partial charge in [-0.25, -0.2) is 0 Å². The van der Waals surface area contributed by atoms with E-state index in [2.05, 4.69) is 10.6 Å². The molecule has 27 heavy (non-hydrogen) atoms. The van der Waals surface area contributed by atoms with Crippen molar-refractivity contribution in [2.75, 3.05) is 19.6 Å². The summed E-state index contributed by atoms with van der Waals surface area (Å²) in [6, 6.07) is 3.22. The van der Waals surface area contributed by atoms with Crippen LogP contribution >= 0.6 is 23.7 Å². The van der Waals surface area contributed by atoms with Gasteiger partial charge in [-0.15, -0.1) is 23.7 Å². The molecular formula is C18H29ClN4O3S. The van der Waals surface area contributed by atoms with E-state index in [9.17, 15) is 14.4 Å². The number of piperidine rings is 1. The first kappa shape index (κ1) is 23.4. The van der Waals surface area contributed by atoms with Crippen molar-refractivity contribution in [3.8, 4) is 0 Å². The minimum atomic E-state index is -0.607. The number of nitrogens with one attached hydrogen (secondary N) is 2. The lowest BCUT2D eigenvalue weighted by Gasteiger charge is -2.32. The smallest absolute Gasteiger partial charge is 0.261 e. The predicted octanol–water partition coefficient (Wildman–Crippen LogP) is 1.30. The number of carbonyl (C=O) groups excluding carboxylic acids is 3. The topological polar surface area (TPSA) is 105 Å². The van der Waals surface area contributed by atoms with Crippen molar-refractivity contribution in [2.24, 2.45) is 11.7 Å². The molecule has 0 aromatic carbocycles. The van der Waals surface area contributed by atoms with Gasteiger partial charge < -0.3 is 21.3 Å². The van der Waals surface area contributed by atoms with Crippen LogP contribution in [0.25, 0.3) is 0 Å². The molecule has 0 radical (unpaired) electrons. The van der Waals surface area contributed by atoms with Gasteiger partial charge in [-0.1, -0.05) is 13.8 Å². The van der Waals surface area contributed by atoms with E-state index in [0.717, 1.165) is 4.88 Å². The normalized spacial score (nSPS) is 15.8. The van der Waals surface area contributed by atoms with Crippen molar-refractivity contribution in [3.63, 3.8) is 0 Å². The number of nitrogens with two attached hydrogens (primary N) is 1. The largest absolute Gasteiger partial charge is 0.348 e. The fourth-order valence-corrected chi connectivity index (χ4v) is 3.55. The van der Waals surface area contributed by atoms with E-state index in [1.54, 1.807) is 4.90 Å². The number of hydrogen-bond donors (Lipinski definition) is 3. The van der Waals surface area contributed by atoms with Crippen molar-refractivity contribution < 1.29 is 14.4 Å². The van der Waals surface area contributed by atoms with Crippen LogP contribution in [0.4, 0.5) is 0 Å². The lowest BCUT2D eigenvalue weighted by Crippen LogP contribution is -2.51. The molecule has 152 valence electrons. The molecule has 2 heterocycles. The fraction of sp³-hybridized carbons (Fsp3) is 0.611. The van der Waals surface area contributed by atoms with E-state index >= 15 is 0 Å². The second kappa shape index (κ2) is 10.6. The first-order chi connectivity index (χ1) is 12.3. The maximum atomic E-state index is 12.2. The summed E-state index contributed by atoms with van der Waals surface area (Å²) in [5.41, 5.74) is 5.76. The van der Waals surface area contributed by atoms with E-state index in [0.29, 0.717) is 30.8 Å². The highest BCUT2D eigenvalue weighted by atomic mass is 35.5. The number of nitrogens with zero attached hydrogens (tertiary/aromatic N) is 1. The Morgan fingerprint density at radius 2 is 1.89 bits per heavy atom. The number of amides is 3. The molecule has 1 aliphatic rings. The Morgan fingerprint density at radius 3 is 2.41 bits per heavy atom. The zero-order valence-corrected chi connectivity index (χ0v) is 17.6. The van der Waals surface area contributed by atoms with Crippen LogP contribution in [0.1, 0.15) is 41.2 Å². The minimum Gasteiger partial charge on any atom is -0.348 e. The molecule has 1 aliphatic heterocycles. The van der Waals surface area contributed by atoms with Crippen LogP contribution in [0.5, 0.6) is 0 Å². The van der Waals surface area contributed by atoms with Gasteiger partial charge in [0.15, 0.2) is 0 Å². The summed E-state index contributed by atoms with van der Waals surface area (Å²) < 4.78 is 0. The van der Waals surface area contributed by atoms with E-state index in [1.807, 2.05) is 32.9 Å². The van der Waals surface area contributed by atoms with Crippen molar-refractivity contribution in [1.82, 2.24) is 15.5 Å². The number of halogens is 1. The molecule has 1 saturated heterocycles. The molecule has 0 bridgehead atoms. The van der Waals surface area contributed by atoms with E-state index in [-0.39, 0.29) is 48.6 Å². The quantitative estimate of drug-likeness (QED) is 0.650. The number of hydrogen-bond acceptors (Lipinski definition) is 5. The molecule has 9 heteroatoms. The molecule has 7 nitrogen and oxygen atoms in total. The van der Waals surface area contributed by atoms with E-state index in [1.165, 1.54) is 11.3 Å². The standard InChI is InChI=1S/C18H28N4O3S.ClH/c1-11(2)16(19)18(25)20-10-15(23)22-8-6-13(7-9-22)21-17(24)14-5-4-12(3)26-14;/h4-5,11,13,16H,6-10,19H2,1-3H3,(H,20,25)(H,21,24);1H/t16-;/m0./s1. The SMILES string of the molecule is Cc1ccc(C(=O)NC2CCN(C(=O)CNC(=O)[C@@H](N)C(C)C)CC2)s1.Cl. The van der Waals surface area contributed by atoms with Gasteiger partial charge in [-0.3, -0.25) is 14.4 Å². The highest BCUT2D eigenvalue weighted by molar-refractivity contribution is 7.13. The van der Waals surface area contributed by atoms with Gasteiger partial charge in [0, 0.05) is 24.0 Å². The number of rotatable bonds is 6. The van der Waals surface area contributed by atoms with Gasteiger partial charge in [0.2, 0.25) is 11.8 Å². The Balaban J connectivity index is 0.00000364. The summed E-state index contributed by atoms with van der Waals surface area (Å²) in [5, 5.41) is 5.64. The van der Waals surface area contributed by atoms with Gasteiger partial charge in [-0.05, 0) is 37.8 Å². The third-order valence-corrected chi connectivity index (χ3v) is 5.58. The molecule has 0 aliphatic carbocycles. The van der Waals surface area contributed by atoms with Gasteiger partial charge in [-0.2, -0.15) is 0 Å². The van der Waals surface area contributed by atoms with Crippen molar-refractivity contribution in [2.45, 2.75) is 45.7 Å². The number of carbonyl (C=O) groups is 3. The lowest BCUT2D eigenvalue weighted by molar-refractivity contribution is -0.134. The molecule has 0 saturated carbocycles. The molecule has 0 spiro atoms. The van der Waals surface area contributed by atoms with Crippen molar-refractivity contribution >= 4 is 41.5 Å². The van der Waals surface area contributed by atoms with Crippen molar-refractivity contribution in [1.29, 1.82) is 0 Å². The van der Waals surface area contributed by atoms with Crippen LogP contribution < -0.4 is 16.4 Å². The first-order valence-electron chi connectivity index (χ1n) is 8.96. The Labute approximate surface area is 170 Å². The summed E-state index contributed by atoms with van der Waals surface area (Å²) in [4.78, 5) is 39.8. The average molecular weight is 417 g/mol. The Morgan fingerprint density at radius 1 is 1.26 bits per heavy atom. The predicted molar refractivity (Wildman–Crippen MR) is 109 cm³/mol. The maximum absolute atomic E-state index is 12.2. The first-order valence-corrected chi connectivity index (χ1v) is 9.78. The van der Waals surface area contributed by atoms with Crippen LogP contribution in [-0.4, -0.2) is 54.3 Å². The summed E-state index contributed by atoms with van der Waals surface area (Å²) in [5.74, 6) is -0.450. The van der Waals surface area contributed by atoms with Gasteiger partial charge in [0.05, 0.1) is 17.5 Å². The van der Waals surface area contributed by atoms with E-state index < -0.39 is 6.04 Å². The van der Waals surface area contributed by atoms with E-state index in [4.69, 9.17) is 5.73 Å². The number of thiophene rings is 1. The summed E-state index contributed by atoms with van der Waals surface area (Å²) >= 11 is 1.48. The average Bonchev–Trinajstić information content (AvgIpc) is 3.05. The summed E-state index contributed by atoms with van der Waals surface area (Å²) in [6.07, 6.45) is 1.42. The third kappa shape index (κ3) is 6.79. The second-order valence-corrected chi connectivity index (χ2v) is 8.31. The number of likely N-dealkylation sites (tertiary alicyclic amines) is 1. The molecule has 1 aromatic rings. The van der Waals surface area contributed by atoms with Gasteiger partial charge in [0.1, 0.15) is 0 Å². The third-order valence-electron chi connectivity index (χ3n) is 4.58. The van der Waals surface area contributed by atoms with Gasteiger partial charge in [0.25, 0.3) is 5.91 Å². The zero-order chi connectivity index (χ0) is 19.3. The molecule has 2 rings (SSSR count). The maximum Gasteiger partial charge on any atom is 0.261 e. The highest BCUT2D eigenvalue weighted by Crippen LogP contribution is 2.16. The van der Waals surface area contributed by atoms with Crippen LogP contribution in [0.3, 0.4) is 0 Å². The fourth-order valence-electron chi connectivity index (χ4n) is 2.78. The molecular weight excluding hydrogens is 388 g/mol. The Kier molecular flexibility index (Phi) is 9.21. The molecule has 0 unspecified atom stereocenters. The Bertz CT molecular complexity index is 657. The van der Waals surface area contributed by atoms with Crippen molar-refractivity contribution in [3.05, 3.63) is 21.9 Å². The minimum absolute atomic E-state index is 0. The lowest BCUT2D eigenvalue weighted by atomic mass is 10.0. The molecule has 1 aromatic heterocycles. The van der Waals surface area contributed by atoms with Crippen LogP contribution in [-0.2, 0) is 9.59 Å². The molecule has 1 atom stereocenters. The summed E-state index contributed by atoms with van der Waals surface area (Å²) in [6.45, 7) is 6.80. The molecule has 3 amide bonds. The van der Waals surface area contributed by atoms with Crippen LogP contribution in [0.2, 0.25) is 0 Å². The molecule has 4 N–H and O–H groups in total. The van der Waals surface area contributed by atoms with Crippen LogP contribution in [0.15, 0.2) is 12.1 Å². The second-order valence-electron chi connectivity index (χ2n) is 7.03.